The summed E-state index contributed by atoms with van der Waals surface area (Å²) < 4.78 is 0. The van der Waals surface area contributed by atoms with E-state index in [0.29, 0.717) is 23.5 Å². The first-order valence-corrected chi connectivity index (χ1v) is 3.97. The third kappa shape index (κ3) is 1.37. The van der Waals surface area contributed by atoms with Gasteiger partial charge in [0, 0.05) is 6.20 Å². The van der Waals surface area contributed by atoms with E-state index in [2.05, 4.69) is 25.4 Å². The number of nitrogens with one attached hydrogen (secondary N) is 1. The Balaban J connectivity index is 2.54. The summed E-state index contributed by atoms with van der Waals surface area (Å²) in [4.78, 5) is 18.7. The summed E-state index contributed by atoms with van der Waals surface area (Å²) in [5.74, 6) is 0.627. The first-order valence-electron chi connectivity index (χ1n) is 3.97. The lowest BCUT2D eigenvalue weighted by Gasteiger charge is -1.95. The van der Waals surface area contributed by atoms with Gasteiger partial charge in [-0.15, -0.1) is 0 Å². The molecule has 0 aliphatic heterocycles. The van der Waals surface area contributed by atoms with Crippen LogP contribution in [0, 0.1) is 6.92 Å². The lowest BCUT2D eigenvalue weighted by atomic mass is 10.2. The monoisotopic (exact) mass is 189 g/mol. The molecule has 0 aromatic carbocycles. The van der Waals surface area contributed by atoms with Crippen LogP contribution in [-0.4, -0.2) is 31.7 Å². The molecule has 1 N–H and O–H groups in total. The molecule has 0 bridgehead atoms. The number of aryl methyl sites for hydroxylation is 1. The molecule has 2 heterocycles. The van der Waals surface area contributed by atoms with E-state index in [0.717, 1.165) is 0 Å². The predicted molar refractivity (Wildman–Crippen MR) is 47.5 cm³/mol. The van der Waals surface area contributed by atoms with Crippen molar-refractivity contribution < 1.29 is 4.79 Å². The van der Waals surface area contributed by atoms with Crippen molar-refractivity contribution in [2.24, 2.45) is 0 Å². The summed E-state index contributed by atoms with van der Waals surface area (Å²) in [6.07, 6.45) is 2.25. The number of hydrogen-bond donors (Lipinski definition) is 1. The van der Waals surface area contributed by atoms with Crippen molar-refractivity contribution in [3.05, 3.63) is 23.8 Å². The molecule has 6 heteroatoms. The van der Waals surface area contributed by atoms with Crippen LogP contribution in [0.25, 0.3) is 11.4 Å². The summed E-state index contributed by atoms with van der Waals surface area (Å²) in [7, 11) is 0. The van der Waals surface area contributed by atoms with E-state index in [9.17, 15) is 4.79 Å². The van der Waals surface area contributed by atoms with Crippen molar-refractivity contribution in [2.45, 2.75) is 6.92 Å². The highest BCUT2D eigenvalue weighted by Gasteiger charge is 2.10. The molecule has 0 atom stereocenters. The standard InChI is InChI=1S/C8H7N5O/c1-5-9-3-2-6(10-5)8-7(4-14)11-13-12-8/h2-4H,1H3,(H,11,12,13). The molecule has 6 nitrogen and oxygen atoms in total. The zero-order valence-electron chi connectivity index (χ0n) is 7.43. The highest BCUT2D eigenvalue weighted by Crippen LogP contribution is 2.14. The van der Waals surface area contributed by atoms with Crippen molar-refractivity contribution in [1.29, 1.82) is 0 Å². The summed E-state index contributed by atoms with van der Waals surface area (Å²) in [6, 6.07) is 1.68. The minimum absolute atomic E-state index is 0.253. The molecular weight excluding hydrogens is 182 g/mol. The van der Waals surface area contributed by atoms with E-state index in [1.807, 2.05) is 0 Å². The zero-order valence-corrected chi connectivity index (χ0v) is 7.43. The van der Waals surface area contributed by atoms with Gasteiger partial charge in [-0.3, -0.25) is 4.79 Å². The van der Waals surface area contributed by atoms with Crippen LogP contribution in [0.2, 0.25) is 0 Å². The molecule has 0 saturated carbocycles. The zero-order chi connectivity index (χ0) is 9.97. The van der Waals surface area contributed by atoms with E-state index in [1.54, 1.807) is 19.2 Å². The second-order valence-corrected chi connectivity index (χ2v) is 2.66. The molecule has 0 amide bonds. The van der Waals surface area contributed by atoms with E-state index in [4.69, 9.17) is 0 Å². The molecule has 0 saturated heterocycles. The first kappa shape index (κ1) is 8.49. The number of hydrogen-bond acceptors (Lipinski definition) is 5. The average molecular weight is 189 g/mol. The molecule has 0 aliphatic carbocycles. The fourth-order valence-corrected chi connectivity index (χ4v) is 1.10. The van der Waals surface area contributed by atoms with Crippen molar-refractivity contribution in [1.82, 2.24) is 25.4 Å². The summed E-state index contributed by atoms with van der Waals surface area (Å²) >= 11 is 0. The molecule has 2 aromatic rings. The van der Waals surface area contributed by atoms with Gasteiger partial charge in [-0.25, -0.2) is 9.97 Å². The lowest BCUT2D eigenvalue weighted by molar-refractivity contribution is 0.111. The van der Waals surface area contributed by atoms with Gasteiger partial charge in [0.1, 0.15) is 11.5 Å². The Morgan fingerprint density at radius 2 is 2.29 bits per heavy atom. The van der Waals surface area contributed by atoms with Gasteiger partial charge < -0.3 is 0 Å². The molecule has 14 heavy (non-hydrogen) atoms. The van der Waals surface area contributed by atoms with Crippen LogP contribution in [0.1, 0.15) is 16.3 Å². The van der Waals surface area contributed by atoms with Gasteiger partial charge in [-0.2, -0.15) is 15.4 Å². The molecule has 0 aliphatic rings. The number of rotatable bonds is 2. The van der Waals surface area contributed by atoms with Gasteiger partial charge in [0.05, 0.1) is 5.69 Å². The van der Waals surface area contributed by atoms with Crippen LogP contribution in [0.3, 0.4) is 0 Å². The number of aromatic nitrogens is 5. The minimum Gasteiger partial charge on any atom is -0.296 e. The Kier molecular flexibility index (Phi) is 2.02. The minimum atomic E-state index is 0.253. The number of aldehydes is 1. The van der Waals surface area contributed by atoms with Gasteiger partial charge in [0.25, 0.3) is 0 Å². The number of carbonyl (C=O) groups excluding carboxylic acids is 1. The van der Waals surface area contributed by atoms with Gasteiger partial charge in [0.2, 0.25) is 0 Å². The van der Waals surface area contributed by atoms with Gasteiger partial charge in [-0.1, -0.05) is 0 Å². The Morgan fingerprint density at radius 1 is 1.43 bits per heavy atom. The lowest BCUT2D eigenvalue weighted by Crippen LogP contribution is -1.92. The highest BCUT2D eigenvalue weighted by molar-refractivity contribution is 5.81. The topological polar surface area (TPSA) is 84.4 Å². The van der Waals surface area contributed by atoms with Crippen LogP contribution < -0.4 is 0 Å². The van der Waals surface area contributed by atoms with E-state index in [1.165, 1.54) is 0 Å². The molecule has 0 radical (unpaired) electrons. The average Bonchev–Trinajstić information content (AvgIpc) is 2.65. The summed E-state index contributed by atoms with van der Waals surface area (Å²) in [6.45, 7) is 1.77. The predicted octanol–water partition coefficient (Wildman–Crippen LogP) is 0.383. The van der Waals surface area contributed by atoms with Gasteiger partial charge in [-0.05, 0) is 13.0 Å². The van der Waals surface area contributed by atoms with E-state index in [-0.39, 0.29) is 5.69 Å². The normalized spacial score (nSPS) is 10.1. The summed E-state index contributed by atoms with van der Waals surface area (Å²) in [5, 5.41) is 9.89. The quantitative estimate of drug-likeness (QED) is 0.690. The summed E-state index contributed by atoms with van der Waals surface area (Å²) in [5.41, 5.74) is 1.29. The van der Waals surface area contributed by atoms with Gasteiger partial charge >= 0.3 is 0 Å². The molecule has 0 fully saturated rings. The van der Waals surface area contributed by atoms with Gasteiger partial charge in [0.15, 0.2) is 12.0 Å². The van der Waals surface area contributed by atoms with Crippen LogP contribution in [0.15, 0.2) is 12.3 Å². The van der Waals surface area contributed by atoms with Crippen molar-refractivity contribution in [2.75, 3.05) is 0 Å². The number of H-pyrrole nitrogens is 1. The molecular formula is C8H7N5O. The fourth-order valence-electron chi connectivity index (χ4n) is 1.10. The van der Waals surface area contributed by atoms with Crippen LogP contribution in [-0.2, 0) is 0 Å². The first-order chi connectivity index (χ1) is 6.81. The Labute approximate surface area is 79.4 Å². The molecule has 70 valence electrons. The maximum Gasteiger partial charge on any atom is 0.172 e. The van der Waals surface area contributed by atoms with Crippen LogP contribution >= 0.6 is 0 Å². The largest absolute Gasteiger partial charge is 0.296 e. The van der Waals surface area contributed by atoms with Crippen LogP contribution in [0.5, 0.6) is 0 Å². The second kappa shape index (κ2) is 3.33. The maximum atomic E-state index is 10.6. The maximum absolute atomic E-state index is 10.6. The SMILES string of the molecule is Cc1nccc(-c2n[nH]nc2C=O)n1. The number of carbonyl (C=O) groups is 1. The third-order valence-corrected chi connectivity index (χ3v) is 1.71. The third-order valence-electron chi connectivity index (χ3n) is 1.71. The smallest absolute Gasteiger partial charge is 0.172 e. The van der Waals surface area contributed by atoms with Crippen molar-refractivity contribution in [3.8, 4) is 11.4 Å². The Bertz CT molecular complexity index is 464. The van der Waals surface area contributed by atoms with Crippen LogP contribution in [0.4, 0.5) is 0 Å². The number of aromatic amines is 1. The molecule has 2 rings (SSSR count). The van der Waals surface area contributed by atoms with Crippen molar-refractivity contribution in [3.63, 3.8) is 0 Å². The Morgan fingerprint density at radius 3 is 3.00 bits per heavy atom. The molecule has 0 spiro atoms. The Hall–Kier alpha value is -2.11. The molecule has 0 unspecified atom stereocenters. The second-order valence-electron chi connectivity index (χ2n) is 2.66. The molecule has 2 aromatic heterocycles. The van der Waals surface area contributed by atoms with E-state index >= 15 is 0 Å². The van der Waals surface area contributed by atoms with Crippen molar-refractivity contribution >= 4 is 6.29 Å². The highest BCUT2D eigenvalue weighted by atomic mass is 16.1. The number of nitrogens with zero attached hydrogens (tertiary/aromatic N) is 4. The fraction of sp³-hybridized carbons (Fsp3) is 0.125. The van der Waals surface area contributed by atoms with E-state index < -0.39 is 0 Å².